The van der Waals surface area contributed by atoms with E-state index in [2.05, 4.69) is 29.5 Å². The molecule has 1 unspecified atom stereocenters. The molecule has 3 rings (SSSR count). The van der Waals surface area contributed by atoms with Gasteiger partial charge in [0.2, 0.25) is 5.91 Å². The van der Waals surface area contributed by atoms with Gasteiger partial charge < -0.3 is 10.6 Å². The molecule has 0 saturated carbocycles. The molecule has 4 nitrogen and oxygen atoms in total. The van der Waals surface area contributed by atoms with Gasteiger partial charge in [0.25, 0.3) is 0 Å². The standard InChI is InChI=1S/C23H25N3O/c1-3-17(2)25-21-15-14-20(16-24-21)26-23(27)22(18-10-6-4-7-11-18)19-12-8-5-9-13-19/h4-17,22H,3H2,1-2H3,(H,24,25)(H,26,27). The van der Waals surface area contributed by atoms with E-state index in [0.717, 1.165) is 23.4 Å². The van der Waals surface area contributed by atoms with Gasteiger partial charge in [-0.05, 0) is 36.6 Å². The molecule has 0 aliphatic rings. The Morgan fingerprint density at radius 1 is 0.926 bits per heavy atom. The maximum atomic E-state index is 13.1. The van der Waals surface area contributed by atoms with Crippen LogP contribution in [0.15, 0.2) is 79.0 Å². The van der Waals surface area contributed by atoms with E-state index in [-0.39, 0.29) is 11.8 Å². The number of carbonyl (C=O) groups is 1. The molecule has 0 aliphatic carbocycles. The number of nitrogens with zero attached hydrogens (tertiary/aromatic N) is 1. The van der Waals surface area contributed by atoms with Crippen molar-refractivity contribution in [1.29, 1.82) is 0 Å². The number of pyridine rings is 1. The van der Waals surface area contributed by atoms with Crippen molar-refractivity contribution in [2.75, 3.05) is 10.6 Å². The minimum atomic E-state index is -0.370. The summed E-state index contributed by atoms with van der Waals surface area (Å²) in [5.41, 5.74) is 2.61. The Hall–Kier alpha value is -3.14. The highest BCUT2D eigenvalue weighted by atomic mass is 16.1. The third kappa shape index (κ3) is 4.94. The number of hydrogen-bond acceptors (Lipinski definition) is 3. The van der Waals surface area contributed by atoms with Gasteiger partial charge >= 0.3 is 0 Å². The van der Waals surface area contributed by atoms with Gasteiger partial charge in [0.15, 0.2) is 0 Å². The lowest BCUT2D eigenvalue weighted by Crippen LogP contribution is -2.22. The zero-order valence-corrected chi connectivity index (χ0v) is 15.7. The van der Waals surface area contributed by atoms with Crippen molar-refractivity contribution >= 4 is 17.4 Å². The first-order valence-corrected chi connectivity index (χ1v) is 9.30. The molecule has 0 saturated heterocycles. The van der Waals surface area contributed by atoms with Crippen LogP contribution in [0, 0.1) is 0 Å². The van der Waals surface area contributed by atoms with E-state index in [0.29, 0.717) is 11.7 Å². The number of amides is 1. The SMILES string of the molecule is CCC(C)Nc1ccc(NC(=O)C(c2ccccc2)c2ccccc2)cn1. The molecular formula is C23H25N3O. The second-order valence-corrected chi connectivity index (χ2v) is 6.63. The highest BCUT2D eigenvalue weighted by molar-refractivity contribution is 5.98. The minimum absolute atomic E-state index is 0.0724. The van der Waals surface area contributed by atoms with Gasteiger partial charge in [0.1, 0.15) is 5.82 Å². The number of nitrogens with one attached hydrogen (secondary N) is 2. The van der Waals surface area contributed by atoms with Crippen LogP contribution in [-0.4, -0.2) is 16.9 Å². The Kier molecular flexibility index (Phi) is 6.21. The van der Waals surface area contributed by atoms with Crippen molar-refractivity contribution in [2.45, 2.75) is 32.2 Å². The number of aromatic nitrogens is 1. The Morgan fingerprint density at radius 3 is 2.00 bits per heavy atom. The fourth-order valence-electron chi connectivity index (χ4n) is 2.91. The van der Waals surface area contributed by atoms with Crippen LogP contribution in [0.25, 0.3) is 0 Å². The second-order valence-electron chi connectivity index (χ2n) is 6.63. The van der Waals surface area contributed by atoms with E-state index in [1.165, 1.54) is 0 Å². The summed E-state index contributed by atoms with van der Waals surface area (Å²) in [4.78, 5) is 17.5. The van der Waals surface area contributed by atoms with Crippen molar-refractivity contribution in [1.82, 2.24) is 4.98 Å². The molecule has 0 radical (unpaired) electrons. The van der Waals surface area contributed by atoms with Gasteiger partial charge in [0, 0.05) is 6.04 Å². The van der Waals surface area contributed by atoms with Crippen LogP contribution in [0.3, 0.4) is 0 Å². The van der Waals surface area contributed by atoms with Gasteiger partial charge in [0.05, 0.1) is 17.8 Å². The fourth-order valence-corrected chi connectivity index (χ4v) is 2.91. The highest BCUT2D eigenvalue weighted by Gasteiger charge is 2.22. The van der Waals surface area contributed by atoms with E-state index in [1.54, 1.807) is 6.20 Å². The van der Waals surface area contributed by atoms with Crippen molar-refractivity contribution in [3.63, 3.8) is 0 Å². The predicted octanol–water partition coefficient (Wildman–Crippen LogP) is 5.06. The number of carbonyl (C=O) groups excluding carboxylic acids is 1. The summed E-state index contributed by atoms with van der Waals surface area (Å²) in [5, 5.41) is 6.33. The van der Waals surface area contributed by atoms with Crippen LogP contribution >= 0.6 is 0 Å². The molecule has 0 spiro atoms. The average Bonchev–Trinajstić information content (AvgIpc) is 2.71. The highest BCUT2D eigenvalue weighted by Crippen LogP contribution is 2.26. The van der Waals surface area contributed by atoms with E-state index in [9.17, 15) is 4.79 Å². The van der Waals surface area contributed by atoms with Crippen molar-refractivity contribution < 1.29 is 4.79 Å². The zero-order chi connectivity index (χ0) is 19.1. The summed E-state index contributed by atoms with van der Waals surface area (Å²) >= 11 is 0. The van der Waals surface area contributed by atoms with E-state index < -0.39 is 0 Å². The number of rotatable bonds is 7. The third-order valence-corrected chi connectivity index (χ3v) is 4.57. The van der Waals surface area contributed by atoms with Crippen molar-refractivity contribution in [3.05, 3.63) is 90.1 Å². The number of hydrogen-bond donors (Lipinski definition) is 2. The zero-order valence-electron chi connectivity index (χ0n) is 15.7. The molecule has 0 aliphatic heterocycles. The average molecular weight is 359 g/mol. The summed E-state index contributed by atoms with van der Waals surface area (Å²) in [6, 6.07) is 23.8. The summed E-state index contributed by atoms with van der Waals surface area (Å²) in [7, 11) is 0. The smallest absolute Gasteiger partial charge is 0.236 e. The molecule has 138 valence electrons. The van der Waals surface area contributed by atoms with Crippen LogP contribution in [0.4, 0.5) is 11.5 Å². The minimum Gasteiger partial charge on any atom is -0.368 e. The van der Waals surface area contributed by atoms with Crippen LogP contribution in [-0.2, 0) is 4.79 Å². The van der Waals surface area contributed by atoms with E-state index in [4.69, 9.17) is 0 Å². The molecule has 3 aromatic rings. The lowest BCUT2D eigenvalue weighted by atomic mass is 9.90. The molecule has 0 bridgehead atoms. The number of anilines is 2. The second kappa shape index (κ2) is 8.99. The van der Waals surface area contributed by atoms with Crippen molar-refractivity contribution in [2.24, 2.45) is 0 Å². The largest absolute Gasteiger partial charge is 0.368 e. The molecule has 1 aromatic heterocycles. The molecule has 2 N–H and O–H groups in total. The molecule has 0 fully saturated rings. The first-order chi connectivity index (χ1) is 13.2. The van der Waals surface area contributed by atoms with E-state index in [1.807, 2.05) is 72.8 Å². The van der Waals surface area contributed by atoms with Gasteiger partial charge in [-0.2, -0.15) is 0 Å². The molecule has 2 aromatic carbocycles. The Balaban J connectivity index is 1.79. The monoisotopic (exact) mass is 359 g/mol. The van der Waals surface area contributed by atoms with E-state index >= 15 is 0 Å². The quantitative estimate of drug-likeness (QED) is 0.620. The predicted molar refractivity (Wildman–Crippen MR) is 111 cm³/mol. The lowest BCUT2D eigenvalue weighted by Gasteiger charge is -2.18. The number of benzene rings is 2. The first kappa shape index (κ1) is 18.6. The molecule has 27 heavy (non-hydrogen) atoms. The van der Waals surface area contributed by atoms with Gasteiger partial charge in [-0.15, -0.1) is 0 Å². The Labute approximate surface area is 160 Å². The summed E-state index contributed by atoms with van der Waals surface area (Å²) in [6.45, 7) is 4.24. The van der Waals surface area contributed by atoms with Crippen LogP contribution in [0.2, 0.25) is 0 Å². The molecule has 1 atom stereocenters. The van der Waals surface area contributed by atoms with Gasteiger partial charge in [-0.3, -0.25) is 4.79 Å². The molecule has 4 heteroatoms. The molecule has 1 amide bonds. The fraction of sp³-hybridized carbons (Fsp3) is 0.217. The Bertz CT molecular complexity index is 808. The molecular weight excluding hydrogens is 334 g/mol. The summed E-state index contributed by atoms with van der Waals surface area (Å²) < 4.78 is 0. The van der Waals surface area contributed by atoms with Crippen LogP contribution in [0.5, 0.6) is 0 Å². The molecule has 1 heterocycles. The summed E-state index contributed by atoms with van der Waals surface area (Å²) in [6.07, 6.45) is 2.71. The van der Waals surface area contributed by atoms with Gasteiger partial charge in [-0.25, -0.2) is 4.98 Å². The summed E-state index contributed by atoms with van der Waals surface area (Å²) in [5.74, 6) is 0.368. The van der Waals surface area contributed by atoms with Gasteiger partial charge in [-0.1, -0.05) is 67.6 Å². The normalized spacial score (nSPS) is 11.8. The third-order valence-electron chi connectivity index (χ3n) is 4.57. The van der Waals surface area contributed by atoms with Crippen molar-refractivity contribution in [3.8, 4) is 0 Å². The lowest BCUT2D eigenvalue weighted by molar-refractivity contribution is -0.116. The van der Waals surface area contributed by atoms with Crippen LogP contribution < -0.4 is 10.6 Å². The topological polar surface area (TPSA) is 54.0 Å². The Morgan fingerprint density at radius 2 is 1.52 bits per heavy atom. The van der Waals surface area contributed by atoms with Crippen LogP contribution in [0.1, 0.15) is 37.3 Å². The first-order valence-electron chi connectivity index (χ1n) is 9.30. The maximum Gasteiger partial charge on any atom is 0.236 e. The maximum absolute atomic E-state index is 13.1.